The summed E-state index contributed by atoms with van der Waals surface area (Å²) >= 11 is 6.27. The highest BCUT2D eigenvalue weighted by atomic mass is 35.5. The second kappa shape index (κ2) is 6.64. The number of amides is 1. The molecule has 11 heteroatoms. The van der Waals surface area contributed by atoms with E-state index in [0.29, 0.717) is 29.5 Å². The summed E-state index contributed by atoms with van der Waals surface area (Å²) in [5.41, 5.74) is 1.72. The average Bonchev–Trinajstić information content (AvgIpc) is 3.44. The molecule has 0 saturated carbocycles. The third-order valence-electron chi connectivity index (χ3n) is 5.06. The van der Waals surface area contributed by atoms with Gasteiger partial charge >= 0.3 is 11.8 Å². The van der Waals surface area contributed by atoms with Gasteiger partial charge in [0.15, 0.2) is 0 Å². The van der Waals surface area contributed by atoms with Gasteiger partial charge in [0.05, 0.1) is 23.2 Å². The summed E-state index contributed by atoms with van der Waals surface area (Å²) in [5, 5.41) is 22.8. The summed E-state index contributed by atoms with van der Waals surface area (Å²) in [6.45, 7) is 3.42. The van der Waals surface area contributed by atoms with Gasteiger partial charge in [0.25, 0.3) is 0 Å². The predicted octanol–water partition coefficient (Wildman–Crippen LogP) is 2.11. The quantitative estimate of drug-likeness (QED) is 0.479. The zero-order chi connectivity index (χ0) is 21.0. The molecule has 1 unspecified atom stereocenters. The Morgan fingerprint density at radius 2 is 2.20 bits per heavy atom. The first-order chi connectivity index (χ1) is 14.3. The smallest absolute Gasteiger partial charge is 0.312 e. The van der Waals surface area contributed by atoms with Crippen molar-refractivity contribution in [2.24, 2.45) is 0 Å². The Balaban J connectivity index is 1.59. The molecule has 30 heavy (non-hydrogen) atoms. The van der Waals surface area contributed by atoms with Crippen molar-refractivity contribution in [3.63, 3.8) is 0 Å². The third kappa shape index (κ3) is 2.96. The molecule has 1 aliphatic rings. The molecule has 10 nitrogen and oxygen atoms in total. The number of carbonyl (C=O) groups is 1. The molecule has 0 bridgehead atoms. The van der Waals surface area contributed by atoms with Crippen LogP contribution in [0.4, 0.5) is 0 Å². The van der Waals surface area contributed by atoms with Gasteiger partial charge < -0.3 is 19.4 Å². The summed E-state index contributed by atoms with van der Waals surface area (Å²) in [6, 6.07) is 6.78. The lowest BCUT2D eigenvalue weighted by atomic mass is 9.99. The lowest BCUT2D eigenvalue weighted by Crippen LogP contribution is -2.41. The first kappa shape index (κ1) is 18.8. The fraction of sp³-hybridized carbons (Fsp3) is 0.316. The number of rotatable bonds is 3. The van der Waals surface area contributed by atoms with E-state index in [0.717, 1.165) is 11.2 Å². The molecule has 1 amide bonds. The first-order valence-electron chi connectivity index (χ1n) is 9.36. The number of hydrogen-bond acceptors (Lipinski definition) is 7. The van der Waals surface area contributed by atoms with Crippen LogP contribution in [0.25, 0.3) is 5.52 Å². The molecule has 0 radical (unpaired) electrons. The molecule has 0 saturated heterocycles. The van der Waals surface area contributed by atoms with Crippen molar-refractivity contribution in [2.45, 2.75) is 31.9 Å². The van der Waals surface area contributed by atoms with Crippen molar-refractivity contribution >= 4 is 23.0 Å². The van der Waals surface area contributed by atoms with Gasteiger partial charge in [-0.05, 0) is 32.0 Å². The second-order valence-corrected chi connectivity index (χ2v) is 8.03. The number of imidazole rings is 1. The molecule has 1 atom stereocenters. The summed E-state index contributed by atoms with van der Waals surface area (Å²) in [5.74, 6) is -0.683. The van der Waals surface area contributed by atoms with E-state index in [1.807, 2.05) is 18.2 Å². The maximum atomic E-state index is 13.3. The van der Waals surface area contributed by atoms with Gasteiger partial charge in [-0.25, -0.2) is 9.50 Å². The van der Waals surface area contributed by atoms with E-state index in [1.54, 1.807) is 21.8 Å². The number of hydrogen-bond donors (Lipinski definition) is 2. The van der Waals surface area contributed by atoms with E-state index >= 15 is 0 Å². The molecule has 0 fully saturated rings. The summed E-state index contributed by atoms with van der Waals surface area (Å²) in [4.78, 5) is 22.5. The van der Waals surface area contributed by atoms with Gasteiger partial charge in [-0.15, -0.1) is 10.2 Å². The summed E-state index contributed by atoms with van der Waals surface area (Å²) in [7, 11) is 0. The monoisotopic (exact) mass is 427 g/mol. The second-order valence-electron chi connectivity index (χ2n) is 7.64. The number of fused-ring (bicyclic) bond motifs is 2. The van der Waals surface area contributed by atoms with Gasteiger partial charge in [-0.1, -0.05) is 17.7 Å². The summed E-state index contributed by atoms with van der Waals surface area (Å²) < 4.78 is 7.07. The molecule has 5 rings (SSSR count). The Hall–Kier alpha value is -3.24. The molecule has 4 aromatic rings. The van der Waals surface area contributed by atoms with Gasteiger partial charge in [-0.2, -0.15) is 5.10 Å². The van der Waals surface area contributed by atoms with Crippen molar-refractivity contribution in [3.05, 3.63) is 64.6 Å². The van der Waals surface area contributed by atoms with Gasteiger partial charge in [-0.3, -0.25) is 4.79 Å². The molecule has 0 aliphatic carbocycles. The van der Waals surface area contributed by atoms with Crippen LogP contribution in [0.5, 0.6) is 0 Å². The Bertz CT molecular complexity index is 1250. The normalized spacial score (nSPS) is 16.8. The van der Waals surface area contributed by atoms with Crippen molar-refractivity contribution in [1.29, 1.82) is 0 Å². The average molecular weight is 428 g/mol. The maximum Gasteiger partial charge on any atom is 0.312 e. The Labute approximate surface area is 175 Å². The first-order valence-corrected chi connectivity index (χ1v) is 9.74. The summed E-state index contributed by atoms with van der Waals surface area (Å²) in [6.07, 6.45) is 2.20. The van der Waals surface area contributed by atoms with Crippen LogP contribution in [0.1, 0.15) is 53.5 Å². The Morgan fingerprint density at radius 3 is 2.93 bits per heavy atom. The number of halogens is 1. The lowest BCUT2D eigenvalue weighted by Gasteiger charge is -2.32. The fourth-order valence-electron chi connectivity index (χ4n) is 3.61. The minimum atomic E-state index is -1.35. The van der Waals surface area contributed by atoms with Gasteiger partial charge in [0, 0.05) is 18.7 Å². The van der Waals surface area contributed by atoms with E-state index in [2.05, 4.69) is 25.3 Å². The van der Waals surface area contributed by atoms with Crippen LogP contribution in [0.3, 0.4) is 0 Å². The highest BCUT2D eigenvalue weighted by molar-refractivity contribution is 6.29. The number of nitrogens with zero attached hydrogens (tertiary/aromatic N) is 6. The molecule has 0 aromatic carbocycles. The minimum Gasteiger partial charge on any atom is -0.414 e. The Kier molecular flexibility index (Phi) is 4.16. The number of aromatic amines is 1. The number of aromatic nitrogens is 6. The number of H-pyrrole nitrogens is 1. The SMILES string of the molecule is CC(C)(O)c1nnc(C(=O)N2CCc3[nH]cnc3C2c2cc3cccc(Cl)n3n2)o1. The molecule has 1 aliphatic heterocycles. The van der Waals surface area contributed by atoms with Crippen LogP contribution in [-0.4, -0.2) is 52.2 Å². The van der Waals surface area contributed by atoms with Crippen molar-refractivity contribution < 1.29 is 14.3 Å². The third-order valence-corrected chi connectivity index (χ3v) is 5.34. The van der Waals surface area contributed by atoms with E-state index in [9.17, 15) is 9.90 Å². The lowest BCUT2D eigenvalue weighted by molar-refractivity contribution is 0.0440. The van der Waals surface area contributed by atoms with Crippen LogP contribution in [-0.2, 0) is 12.0 Å². The predicted molar refractivity (Wildman–Crippen MR) is 105 cm³/mol. The van der Waals surface area contributed by atoms with Crippen molar-refractivity contribution in [1.82, 2.24) is 34.7 Å². The molecule has 0 spiro atoms. The van der Waals surface area contributed by atoms with E-state index < -0.39 is 17.6 Å². The molecule has 5 heterocycles. The number of aliphatic hydroxyl groups is 1. The Morgan fingerprint density at radius 1 is 1.37 bits per heavy atom. The number of pyridine rings is 1. The topological polar surface area (TPSA) is 125 Å². The van der Waals surface area contributed by atoms with Crippen LogP contribution >= 0.6 is 11.6 Å². The van der Waals surface area contributed by atoms with Crippen LogP contribution < -0.4 is 0 Å². The molecule has 4 aromatic heterocycles. The van der Waals surface area contributed by atoms with Crippen molar-refractivity contribution in [2.75, 3.05) is 6.54 Å². The largest absolute Gasteiger partial charge is 0.414 e. The zero-order valence-electron chi connectivity index (χ0n) is 16.2. The highest BCUT2D eigenvalue weighted by Crippen LogP contribution is 2.34. The number of carbonyl (C=O) groups excluding carboxylic acids is 1. The highest BCUT2D eigenvalue weighted by Gasteiger charge is 2.38. The van der Waals surface area contributed by atoms with Crippen LogP contribution in [0.2, 0.25) is 5.15 Å². The fourth-order valence-corrected chi connectivity index (χ4v) is 3.82. The molecular formula is C19H18ClN7O3. The maximum absolute atomic E-state index is 13.3. The van der Waals surface area contributed by atoms with Gasteiger partial charge in [0.1, 0.15) is 16.8 Å². The minimum absolute atomic E-state index is 0.0284. The van der Waals surface area contributed by atoms with Gasteiger partial charge in [0.2, 0.25) is 5.89 Å². The molecule has 2 N–H and O–H groups in total. The van der Waals surface area contributed by atoms with Crippen LogP contribution in [0.15, 0.2) is 35.0 Å². The van der Waals surface area contributed by atoms with E-state index in [-0.39, 0.29) is 11.8 Å². The van der Waals surface area contributed by atoms with Crippen LogP contribution in [0, 0.1) is 0 Å². The molecular weight excluding hydrogens is 410 g/mol. The zero-order valence-corrected chi connectivity index (χ0v) is 17.0. The van der Waals surface area contributed by atoms with Crippen molar-refractivity contribution in [3.8, 4) is 0 Å². The standard InChI is InChI=1S/C19H18ClN7O3/c1-19(2,29)18-24-23-16(30-18)17(28)26-7-6-11-14(22-9-21-11)15(26)12-8-10-4-3-5-13(20)27(10)25-12/h3-5,8-9,15,29H,6-7H2,1-2H3,(H,21,22). The molecule has 154 valence electrons. The van der Waals surface area contributed by atoms with E-state index in [4.69, 9.17) is 16.0 Å². The van der Waals surface area contributed by atoms with E-state index in [1.165, 1.54) is 13.8 Å². The number of nitrogens with one attached hydrogen (secondary N) is 1.